The Hall–Kier alpha value is -2.24. The van der Waals surface area contributed by atoms with Gasteiger partial charge in [0.05, 0.1) is 11.5 Å². The second-order valence-corrected chi connectivity index (χ2v) is 6.15. The molecule has 0 spiro atoms. The Morgan fingerprint density at radius 2 is 1.92 bits per heavy atom. The van der Waals surface area contributed by atoms with Gasteiger partial charge < -0.3 is 4.74 Å². The molecule has 1 atom stereocenters. The van der Waals surface area contributed by atoms with Gasteiger partial charge in [-0.15, -0.1) is 0 Å². The minimum atomic E-state index is -0.337. The first-order valence-corrected chi connectivity index (χ1v) is 8.31. The number of hydrogen-bond acceptors (Lipinski definition) is 4. The third-order valence-electron chi connectivity index (χ3n) is 4.46. The molecule has 5 nitrogen and oxygen atoms in total. The van der Waals surface area contributed by atoms with Crippen molar-refractivity contribution in [2.24, 2.45) is 0 Å². The van der Waals surface area contributed by atoms with Crippen molar-refractivity contribution in [3.8, 4) is 0 Å². The lowest BCUT2D eigenvalue weighted by molar-refractivity contribution is -0.384. The lowest BCUT2D eigenvalue weighted by atomic mass is 10.1. The number of hydrogen-bond donors (Lipinski definition) is 0. The third-order valence-corrected chi connectivity index (χ3v) is 4.46. The van der Waals surface area contributed by atoms with Crippen molar-refractivity contribution >= 4 is 5.69 Å². The summed E-state index contributed by atoms with van der Waals surface area (Å²) in [6.45, 7) is 3.16. The minimum absolute atomic E-state index is 0.151. The van der Waals surface area contributed by atoms with E-state index in [2.05, 4.69) is 29.2 Å². The van der Waals surface area contributed by atoms with Crippen molar-refractivity contribution in [1.82, 2.24) is 4.90 Å². The van der Waals surface area contributed by atoms with Crippen LogP contribution in [0.25, 0.3) is 0 Å². The van der Waals surface area contributed by atoms with Crippen LogP contribution in [-0.4, -0.2) is 35.6 Å². The van der Waals surface area contributed by atoms with Crippen LogP contribution in [0.3, 0.4) is 0 Å². The van der Waals surface area contributed by atoms with Crippen molar-refractivity contribution in [3.63, 3.8) is 0 Å². The Morgan fingerprint density at radius 3 is 2.62 bits per heavy atom. The first-order chi connectivity index (χ1) is 11.7. The predicted octanol–water partition coefficient (Wildman–Crippen LogP) is 3.43. The molecular weight excluding hydrogens is 304 g/mol. The molecule has 24 heavy (non-hydrogen) atoms. The molecule has 1 heterocycles. The van der Waals surface area contributed by atoms with Crippen molar-refractivity contribution in [3.05, 3.63) is 75.8 Å². The van der Waals surface area contributed by atoms with E-state index in [1.165, 1.54) is 11.6 Å². The summed E-state index contributed by atoms with van der Waals surface area (Å²) in [4.78, 5) is 13.0. The van der Waals surface area contributed by atoms with Gasteiger partial charge in [-0.05, 0) is 24.0 Å². The standard InChI is InChI=1S/C19H22N2O3/c22-21(23)18-8-4-7-17(13-18)14-20(19-10-12-24-15-19)11-9-16-5-2-1-3-6-16/h1-8,13,19H,9-12,14-15H2. The van der Waals surface area contributed by atoms with E-state index in [1.54, 1.807) is 12.1 Å². The molecule has 2 aromatic carbocycles. The van der Waals surface area contributed by atoms with Crippen LogP contribution in [0.15, 0.2) is 54.6 Å². The smallest absolute Gasteiger partial charge is 0.269 e. The molecule has 1 unspecified atom stereocenters. The number of nitro benzene ring substituents is 1. The summed E-state index contributed by atoms with van der Waals surface area (Å²) in [7, 11) is 0. The highest BCUT2D eigenvalue weighted by Crippen LogP contribution is 2.19. The topological polar surface area (TPSA) is 55.6 Å². The maximum absolute atomic E-state index is 11.0. The van der Waals surface area contributed by atoms with E-state index in [4.69, 9.17) is 4.74 Å². The lowest BCUT2D eigenvalue weighted by Crippen LogP contribution is -2.36. The van der Waals surface area contributed by atoms with Crippen molar-refractivity contribution in [2.75, 3.05) is 19.8 Å². The van der Waals surface area contributed by atoms with Gasteiger partial charge in [0.25, 0.3) is 5.69 Å². The second kappa shape index (κ2) is 8.04. The van der Waals surface area contributed by atoms with Crippen LogP contribution in [0, 0.1) is 10.1 Å². The van der Waals surface area contributed by atoms with Crippen LogP contribution in [0.5, 0.6) is 0 Å². The van der Waals surface area contributed by atoms with E-state index in [1.807, 2.05) is 12.1 Å². The van der Waals surface area contributed by atoms with Crippen LogP contribution in [-0.2, 0) is 17.7 Å². The predicted molar refractivity (Wildman–Crippen MR) is 92.9 cm³/mol. The van der Waals surface area contributed by atoms with Gasteiger partial charge in [0, 0.05) is 37.9 Å². The second-order valence-electron chi connectivity index (χ2n) is 6.15. The van der Waals surface area contributed by atoms with Crippen LogP contribution >= 0.6 is 0 Å². The van der Waals surface area contributed by atoms with E-state index >= 15 is 0 Å². The molecule has 0 aliphatic carbocycles. The highest BCUT2D eigenvalue weighted by molar-refractivity contribution is 5.34. The Morgan fingerprint density at radius 1 is 1.12 bits per heavy atom. The monoisotopic (exact) mass is 326 g/mol. The number of rotatable bonds is 7. The number of nitrogens with zero attached hydrogens (tertiary/aromatic N) is 2. The highest BCUT2D eigenvalue weighted by atomic mass is 16.6. The van der Waals surface area contributed by atoms with Crippen molar-refractivity contribution < 1.29 is 9.66 Å². The van der Waals surface area contributed by atoms with E-state index in [0.29, 0.717) is 12.6 Å². The molecule has 1 aliphatic heterocycles. The van der Waals surface area contributed by atoms with Crippen LogP contribution in [0.4, 0.5) is 5.69 Å². The summed E-state index contributed by atoms with van der Waals surface area (Å²) < 4.78 is 5.54. The fraction of sp³-hybridized carbons (Fsp3) is 0.368. The normalized spacial score (nSPS) is 17.3. The zero-order valence-electron chi connectivity index (χ0n) is 13.6. The molecule has 0 amide bonds. The van der Waals surface area contributed by atoms with Gasteiger partial charge in [-0.2, -0.15) is 0 Å². The fourth-order valence-electron chi connectivity index (χ4n) is 3.12. The molecule has 0 aromatic heterocycles. The third kappa shape index (κ3) is 4.40. The molecule has 1 saturated heterocycles. The molecule has 0 saturated carbocycles. The van der Waals surface area contributed by atoms with E-state index in [9.17, 15) is 10.1 Å². The van der Waals surface area contributed by atoms with Crippen molar-refractivity contribution in [2.45, 2.75) is 25.4 Å². The largest absolute Gasteiger partial charge is 0.380 e. The Bertz CT molecular complexity index is 669. The van der Waals surface area contributed by atoms with E-state index in [-0.39, 0.29) is 10.6 Å². The SMILES string of the molecule is O=[N+]([O-])c1cccc(CN(CCc2ccccc2)C2CCOC2)c1. The van der Waals surface area contributed by atoms with Gasteiger partial charge in [0.1, 0.15) is 0 Å². The minimum Gasteiger partial charge on any atom is -0.380 e. The molecule has 3 rings (SSSR count). The zero-order valence-corrected chi connectivity index (χ0v) is 13.6. The van der Waals surface area contributed by atoms with Crippen LogP contribution in [0.1, 0.15) is 17.5 Å². The molecule has 126 valence electrons. The molecule has 0 N–H and O–H groups in total. The first kappa shape index (κ1) is 16.6. The lowest BCUT2D eigenvalue weighted by Gasteiger charge is -2.28. The molecule has 1 fully saturated rings. The number of nitro groups is 1. The summed E-state index contributed by atoms with van der Waals surface area (Å²) in [6.07, 6.45) is 1.98. The van der Waals surface area contributed by atoms with Gasteiger partial charge in [0.2, 0.25) is 0 Å². The highest BCUT2D eigenvalue weighted by Gasteiger charge is 2.23. The number of ether oxygens (including phenoxy) is 1. The summed E-state index contributed by atoms with van der Waals surface area (Å²) in [5.74, 6) is 0. The average molecular weight is 326 g/mol. The summed E-state index contributed by atoms with van der Waals surface area (Å²) in [6, 6.07) is 17.7. The zero-order chi connectivity index (χ0) is 16.8. The van der Waals surface area contributed by atoms with Crippen LogP contribution < -0.4 is 0 Å². The Labute approximate surface area is 142 Å². The number of non-ortho nitro benzene ring substituents is 1. The van der Waals surface area contributed by atoms with Gasteiger partial charge in [-0.1, -0.05) is 42.5 Å². The van der Waals surface area contributed by atoms with Gasteiger partial charge in [0.15, 0.2) is 0 Å². The maximum atomic E-state index is 11.0. The Kier molecular flexibility index (Phi) is 5.56. The molecule has 0 bridgehead atoms. The van der Waals surface area contributed by atoms with Gasteiger partial charge >= 0.3 is 0 Å². The first-order valence-electron chi connectivity index (χ1n) is 8.31. The summed E-state index contributed by atoms with van der Waals surface area (Å²) in [5, 5.41) is 11.0. The molecular formula is C19H22N2O3. The number of benzene rings is 2. The maximum Gasteiger partial charge on any atom is 0.269 e. The van der Waals surface area contributed by atoms with Gasteiger partial charge in [-0.25, -0.2) is 0 Å². The van der Waals surface area contributed by atoms with E-state index in [0.717, 1.165) is 38.2 Å². The molecule has 1 aliphatic rings. The fourth-order valence-corrected chi connectivity index (χ4v) is 3.12. The molecule has 2 aromatic rings. The Balaban J connectivity index is 1.70. The quantitative estimate of drug-likeness (QED) is 0.578. The summed E-state index contributed by atoms with van der Waals surface area (Å²) >= 11 is 0. The van der Waals surface area contributed by atoms with Gasteiger partial charge in [-0.3, -0.25) is 15.0 Å². The molecule has 5 heteroatoms. The van der Waals surface area contributed by atoms with E-state index < -0.39 is 0 Å². The molecule has 0 radical (unpaired) electrons. The van der Waals surface area contributed by atoms with Crippen molar-refractivity contribution in [1.29, 1.82) is 0 Å². The average Bonchev–Trinajstić information content (AvgIpc) is 3.14. The summed E-state index contributed by atoms with van der Waals surface area (Å²) in [5.41, 5.74) is 2.43. The van der Waals surface area contributed by atoms with Crippen LogP contribution in [0.2, 0.25) is 0 Å².